The highest BCUT2D eigenvalue weighted by Crippen LogP contribution is 2.33. The lowest BCUT2D eigenvalue weighted by Crippen LogP contribution is -2.51. The lowest BCUT2D eigenvalue weighted by atomic mass is 9.90. The van der Waals surface area contributed by atoms with E-state index in [1.54, 1.807) is 4.90 Å². The molecule has 0 aliphatic carbocycles. The van der Waals surface area contributed by atoms with Gasteiger partial charge < -0.3 is 4.74 Å². The zero-order chi connectivity index (χ0) is 19.4. The summed E-state index contributed by atoms with van der Waals surface area (Å²) in [7, 11) is 1.42. The third-order valence-electron chi connectivity index (χ3n) is 5.45. The van der Waals surface area contributed by atoms with Gasteiger partial charge in [-0.25, -0.2) is 0 Å². The van der Waals surface area contributed by atoms with Crippen LogP contribution in [0.4, 0.5) is 5.69 Å². The monoisotopic (exact) mass is 360 g/mol. The van der Waals surface area contributed by atoms with E-state index >= 15 is 0 Å². The number of amides is 1. The molecule has 1 aliphatic rings. The van der Waals surface area contributed by atoms with Gasteiger partial charge >= 0.3 is 5.97 Å². The van der Waals surface area contributed by atoms with Crippen molar-refractivity contribution in [3.63, 3.8) is 0 Å². The highest BCUT2D eigenvalue weighted by atomic mass is 16.5. The van der Waals surface area contributed by atoms with Crippen LogP contribution in [0.15, 0.2) is 24.3 Å². The quantitative estimate of drug-likeness (QED) is 0.697. The van der Waals surface area contributed by atoms with E-state index in [9.17, 15) is 9.59 Å². The lowest BCUT2D eigenvalue weighted by Gasteiger charge is -2.34. The van der Waals surface area contributed by atoms with Crippen molar-refractivity contribution in [1.29, 1.82) is 0 Å². The molecule has 26 heavy (non-hydrogen) atoms. The van der Waals surface area contributed by atoms with Crippen molar-refractivity contribution in [3.05, 3.63) is 29.8 Å². The van der Waals surface area contributed by atoms with E-state index in [0.29, 0.717) is 6.67 Å². The maximum absolute atomic E-state index is 13.3. The lowest BCUT2D eigenvalue weighted by molar-refractivity contribution is -0.150. The summed E-state index contributed by atoms with van der Waals surface area (Å²) in [5.74, 6) is 0.0838. The number of benzene rings is 1. The van der Waals surface area contributed by atoms with Gasteiger partial charge in [0.15, 0.2) is 0 Å². The molecule has 5 heteroatoms. The molecule has 1 amide bonds. The van der Waals surface area contributed by atoms with Crippen molar-refractivity contribution in [2.75, 3.05) is 18.7 Å². The fourth-order valence-electron chi connectivity index (χ4n) is 3.94. The first kappa shape index (κ1) is 20.4. The van der Waals surface area contributed by atoms with Crippen LogP contribution in [0.1, 0.15) is 46.1 Å². The molecule has 1 aliphatic heterocycles. The molecule has 0 unspecified atom stereocenters. The Labute approximate surface area is 157 Å². The molecule has 1 fully saturated rings. The third kappa shape index (κ3) is 3.93. The van der Waals surface area contributed by atoms with Crippen LogP contribution in [0.25, 0.3) is 0 Å². The standard InChI is InChI=1S/C21H32N2O3/c1-7-16(8-2)19-20(24)22(17-11-9-15(5)10-12-17)13-23(19)18(14(3)4)21(25)26-6/h9-12,14,16,18-19H,7-8,13H2,1-6H3/t18-,19+/m1/s1. The Hall–Kier alpha value is -1.88. The molecule has 1 saturated heterocycles. The van der Waals surface area contributed by atoms with Crippen LogP contribution in [0.2, 0.25) is 0 Å². The third-order valence-corrected chi connectivity index (χ3v) is 5.45. The second-order valence-electron chi connectivity index (χ2n) is 7.49. The van der Waals surface area contributed by atoms with E-state index in [2.05, 4.69) is 18.7 Å². The number of methoxy groups -OCH3 is 1. The first-order valence-electron chi connectivity index (χ1n) is 9.57. The summed E-state index contributed by atoms with van der Waals surface area (Å²) < 4.78 is 5.06. The molecule has 2 atom stereocenters. The summed E-state index contributed by atoms with van der Waals surface area (Å²) in [6.45, 7) is 10.7. The SMILES string of the molecule is CCC(CC)[C@H]1C(=O)N(c2ccc(C)cc2)CN1[C@@H](C(=O)OC)C(C)C. The number of carbonyl (C=O) groups excluding carboxylic acids is 2. The Kier molecular flexibility index (Phi) is 6.81. The highest BCUT2D eigenvalue weighted by Gasteiger charge is 2.48. The first-order chi connectivity index (χ1) is 12.3. The van der Waals surface area contributed by atoms with Crippen molar-refractivity contribution < 1.29 is 14.3 Å². The fourth-order valence-corrected chi connectivity index (χ4v) is 3.94. The Morgan fingerprint density at radius 1 is 1.19 bits per heavy atom. The molecular weight excluding hydrogens is 328 g/mol. The topological polar surface area (TPSA) is 49.9 Å². The van der Waals surface area contributed by atoms with Crippen LogP contribution in [-0.2, 0) is 14.3 Å². The Balaban J connectivity index is 2.44. The van der Waals surface area contributed by atoms with Crippen molar-refractivity contribution >= 4 is 17.6 Å². The van der Waals surface area contributed by atoms with Crippen molar-refractivity contribution in [2.45, 2.75) is 59.5 Å². The molecule has 5 nitrogen and oxygen atoms in total. The average Bonchev–Trinajstić information content (AvgIpc) is 2.94. The van der Waals surface area contributed by atoms with E-state index in [1.165, 1.54) is 7.11 Å². The minimum absolute atomic E-state index is 0.0603. The maximum Gasteiger partial charge on any atom is 0.323 e. The predicted octanol–water partition coefficient (Wildman–Crippen LogP) is 3.60. The smallest absolute Gasteiger partial charge is 0.323 e. The minimum Gasteiger partial charge on any atom is -0.468 e. The van der Waals surface area contributed by atoms with Gasteiger partial charge in [0, 0.05) is 5.69 Å². The van der Waals surface area contributed by atoms with Crippen molar-refractivity contribution in [3.8, 4) is 0 Å². The largest absolute Gasteiger partial charge is 0.468 e. The second-order valence-corrected chi connectivity index (χ2v) is 7.49. The molecule has 1 aromatic carbocycles. The van der Waals surface area contributed by atoms with Gasteiger partial charge in [0.25, 0.3) is 0 Å². The molecule has 0 spiro atoms. The number of carbonyl (C=O) groups is 2. The van der Waals surface area contributed by atoms with Crippen LogP contribution in [0.3, 0.4) is 0 Å². The molecule has 1 aromatic rings. The van der Waals surface area contributed by atoms with E-state index in [1.807, 2.05) is 45.0 Å². The summed E-state index contributed by atoms with van der Waals surface area (Å²) >= 11 is 0. The van der Waals surface area contributed by atoms with Gasteiger partial charge in [0.2, 0.25) is 5.91 Å². The van der Waals surface area contributed by atoms with Gasteiger partial charge in [-0.05, 0) is 30.9 Å². The number of nitrogens with zero attached hydrogens (tertiary/aromatic N) is 2. The number of esters is 1. The number of hydrogen-bond donors (Lipinski definition) is 0. The summed E-state index contributed by atoms with van der Waals surface area (Å²) in [5, 5.41) is 0. The summed E-state index contributed by atoms with van der Waals surface area (Å²) in [6, 6.07) is 7.25. The van der Waals surface area contributed by atoms with E-state index in [4.69, 9.17) is 4.74 Å². The van der Waals surface area contributed by atoms with Crippen molar-refractivity contribution in [2.24, 2.45) is 11.8 Å². The molecule has 0 aromatic heterocycles. The van der Waals surface area contributed by atoms with Crippen LogP contribution < -0.4 is 4.90 Å². The van der Waals surface area contributed by atoms with Gasteiger partial charge in [0.05, 0.1) is 19.8 Å². The minimum atomic E-state index is -0.426. The molecule has 144 valence electrons. The van der Waals surface area contributed by atoms with Gasteiger partial charge in [-0.2, -0.15) is 0 Å². The van der Waals surface area contributed by atoms with Crippen LogP contribution >= 0.6 is 0 Å². The van der Waals surface area contributed by atoms with Crippen LogP contribution in [0, 0.1) is 18.8 Å². The zero-order valence-electron chi connectivity index (χ0n) is 16.9. The van der Waals surface area contributed by atoms with Gasteiger partial charge in [0.1, 0.15) is 6.04 Å². The maximum atomic E-state index is 13.3. The molecule has 1 heterocycles. The second kappa shape index (κ2) is 8.67. The molecule has 0 N–H and O–H groups in total. The normalized spacial score (nSPS) is 19.5. The number of ether oxygens (including phenoxy) is 1. The van der Waals surface area contributed by atoms with Crippen molar-refractivity contribution in [1.82, 2.24) is 4.90 Å². The van der Waals surface area contributed by atoms with E-state index in [0.717, 1.165) is 24.1 Å². The summed E-state index contributed by atoms with van der Waals surface area (Å²) in [6.07, 6.45) is 1.80. The summed E-state index contributed by atoms with van der Waals surface area (Å²) in [4.78, 5) is 29.7. The number of aryl methyl sites for hydroxylation is 1. The first-order valence-corrected chi connectivity index (χ1v) is 9.57. The predicted molar refractivity (Wildman–Crippen MR) is 104 cm³/mol. The summed E-state index contributed by atoms with van der Waals surface area (Å²) in [5.41, 5.74) is 2.04. The number of hydrogen-bond acceptors (Lipinski definition) is 4. The van der Waals surface area contributed by atoms with E-state index in [-0.39, 0.29) is 29.8 Å². The number of anilines is 1. The van der Waals surface area contributed by atoms with Crippen LogP contribution in [0.5, 0.6) is 0 Å². The zero-order valence-corrected chi connectivity index (χ0v) is 16.9. The average molecular weight is 360 g/mol. The molecule has 2 rings (SSSR count). The Morgan fingerprint density at radius 3 is 2.23 bits per heavy atom. The molecule has 0 radical (unpaired) electrons. The number of rotatable bonds is 7. The fraction of sp³-hybridized carbons (Fsp3) is 0.619. The Morgan fingerprint density at radius 2 is 1.77 bits per heavy atom. The molecule has 0 bridgehead atoms. The van der Waals surface area contributed by atoms with Crippen LogP contribution in [-0.4, -0.2) is 42.6 Å². The Bertz CT molecular complexity index is 623. The molecular formula is C21H32N2O3. The van der Waals surface area contributed by atoms with E-state index < -0.39 is 6.04 Å². The van der Waals surface area contributed by atoms with Gasteiger partial charge in [-0.1, -0.05) is 58.2 Å². The van der Waals surface area contributed by atoms with Gasteiger partial charge in [-0.15, -0.1) is 0 Å². The van der Waals surface area contributed by atoms with Gasteiger partial charge in [-0.3, -0.25) is 19.4 Å². The highest BCUT2D eigenvalue weighted by molar-refractivity contribution is 6.00. The molecule has 0 saturated carbocycles.